The molecule has 0 aromatic carbocycles. The van der Waals surface area contributed by atoms with Crippen LogP contribution in [0.5, 0.6) is 0 Å². The first-order valence-electron chi connectivity index (χ1n) is 11.1. The summed E-state index contributed by atoms with van der Waals surface area (Å²) in [6.07, 6.45) is 2.94. The Morgan fingerprint density at radius 1 is 1.26 bits per heavy atom. The summed E-state index contributed by atoms with van der Waals surface area (Å²) in [4.78, 5) is 26.2. The molecule has 0 unspecified atom stereocenters. The van der Waals surface area contributed by atoms with Gasteiger partial charge in [-0.05, 0) is 24.6 Å². The molecule has 1 aliphatic heterocycles. The molecule has 15 heteroatoms. The number of alkyl halides is 3. The molecule has 5 heterocycles. The van der Waals surface area contributed by atoms with Gasteiger partial charge in [-0.2, -0.15) is 32.9 Å². The van der Waals surface area contributed by atoms with Crippen LogP contribution in [0.25, 0.3) is 22.3 Å². The van der Waals surface area contributed by atoms with Crippen molar-refractivity contribution in [3.05, 3.63) is 54.9 Å². The van der Waals surface area contributed by atoms with Crippen molar-refractivity contribution in [1.29, 1.82) is 5.26 Å². The molecule has 2 N–H and O–H groups in total. The van der Waals surface area contributed by atoms with E-state index in [0.717, 1.165) is 34.8 Å². The van der Waals surface area contributed by atoms with E-state index >= 15 is 0 Å². The fourth-order valence-corrected chi connectivity index (χ4v) is 4.21. The van der Waals surface area contributed by atoms with Crippen molar-refractivity contribution >= 4 is 22.8 Å². The van der Waals surface area contributed by atoms with Gasteiger partial charge < -0.3 is 15.0 Å². The highest BCUT2D eigenvalue weighted by Gasteiger charge is 2.38. The normalized spacial score (nSPS) is 16.1. The lowest BCUT2D eigenvalue weighted by molar-refractivity contribution is -0.192. The van der Waals surface area contributed by atoms with Crippen LogP contribution in [0.3, 0.4) is 0 Å². The highest BCUT2D eigenvalue weighted by Crippen LogP contribution is 2.34. The van der Waals surface area contributed by atoms with Gasteiger partial charge in [-0.3, -0.25) is 4.68 Å². The minimum atomic E-state index is -5.08. The average molecular weight is 534 g/mol. The summed E-state index contributed by atoms with van der Waals surface area (Å²) < 4.78 is 60.3. The minimum absolute atomic E-state index is 0.111. The molecule has 38 heavy (non-hydrogen) atoms. The van der Waals surface area contributed by atoms with Crippen molar-refractivity contribution in [1.82, 2.24) is 29.7 Å². The zero-order valence-corrected chi connectivity index (χ0v) is 19.4. The van der Waals surface area contributed by atoms with Gasteiger partial charge in [0, 0.05) is 42.4 Å². The first-order valence-corrected chi connectivity index (χ1v) is 11.1. The van der Waals surface area contributed by atoms with Crippen molar-refractivity contribution in [2.24, 2.45) is 5.92 Å². The standard InChI is InChI=1S/C21H18F2N8.C2HF3O2/c22-16-1-2-18(29-20(16)23)30-8-5-13(10-30)17(3-6-24)31-11-14(9-28-31)19-15-4-7-25-21(15)27-12-26-19;3-2(4,5)1(6)7/h1-2,4,7,9,11-13,17H,3,5,8,10H2,(H,25,26,27);(H,6,7)/t13-,17-;/m0./s1. The minimum Gasteiger partial charge on any atom is -0.475 e. The van der Waals surface area contributed by atoms with E-state index in [0.29, 0.717) is 18.9 Å². The van der Waals surface area contributed by atoms with Crippen LogP contribution in [0.2, 0.25) is 0 Å². The Hall–Kier alpha value is -4.61. The van der Waals surface area contributed by atoms with Gasteiger partial charge in [0.25, 0.3) is 5.95 Å². The lowest BCUT2D eigenvalue weighted by atomic mass is 9.96. The van der Waals surface area contributed by atoms with Gasteiger partial charge in [-0.15, -0.1) is 0 Å². The smallest absolute Gasteiger partial charge is 0.475 e. The monoisotopic (exact) mass is 534 g/mol. The summed E-state index contributed by atoms with van der Waals surface area (Å²) in [5.41, 5.74) is 2.36. The number of aromatic amines is 1. The molecule has 5 rings (SSSR count). The second-order valence-corrected chi connectivity index (χ2v) is 8.34. The number of anilines is 1. The lowest BCUT2D eigenvalue weighted by Crippen LogP contribution is -2.25. The third kappa shape index (κ3) is 5.69. The molecule has 2 atom stereocenters. The molecule has 0 radical (unpaired) electrons. The van der Waals surface area contributed by atoms with Gasteiger partial charge >= 0.3 is 12.1 Å². The Morgan fingerprint density at radius 3 is 2.71 bits per heavy atom. The summed E-state index contributed by atoms with van der Waals surface area (Å²) in [6.45, 7) is 1.23. The molecule has 0 aliphatic carbocycles. The Bertz CT molecular complexity index is 1480. The Balaban J connectivity index is 0.000000426. The number of H-pyrrole nitrogens is 1. The topological polar surface area (TPSA) is 137 Å². The van der Waals surface area contributed by atoms with Gasteiger partial charge in [0.15, 0.2) is 5.82 Å². The van der Waals surface area contributed by atoms with Gasteiger partial charge in [-0.1, -0.05) is 0 Å². The van der Waals surface area contributed by atoms with Crippen LogP contribution >= 0.6 is 0 Å². The maximum absolute atomic E-state index is 13.5. The maximum Gasteiger partial charge on any atom is 0.490 e. The molecule has 0 bridgehead atoms. The molecule has 198 valence electrons. The highest BCUT2D eigenvalue weighted by atomic mass is 19.4. The number of aliphatic carboxylic acids is 1. The summed E-state index contributed by atoms with van der Waals surface area (Å²) >= 11 is 0. The van der Waals surface area contributed by atoms with Crippen LogP contribution < -0.4 is 4.90 Å². The number of carboxylic acid groups (broad SMARTS) is 1. The third-order valence-corrected chi connectivity index (χ3v) is 5.99. The average Bonchev–Trinajstić information content (AvgIpc) is 3.64. The number of pyridine rings is 1. The molecular formula is C23H19F5N8O2. The van der Waals surface area contributed by atoms with Crippen molar-refractivity contribution in [2.45, 2.75) is 25.1 Å². The first-order chi connectivity index (χ1) is 18.1. The quantitative estimate of drug-likeness (QED) is 0.288. The number of aromatic nitrogens is 6. The fraction of sp³-hybridized carbons (Fsp3) is 0.304. The van der Waals surface area contributed by atoms with E-state index in [1.807, 2.05) is 28.0 Å². The summed E-state index contributed by atoms with van der Waals surface area (Å²) in [5.74, 6) is -4.32. The van der Waals surface area contributed by atoms with Crippen LogP contribution in [0.15, 0.2) is 43.1 Å². The fourth-order valence-electron chi connectivity index (χ4n) is 4.21. The molecule has 4 aromatic heterocycles. The molecule has 1 fully saturated rings. The number of fused-ring (bicyclic) bond motifs is 1. The van der Waals surface area contributed by atoms with Crippen molar-refractivity contribution < 1.29 is 31.9 Å². The number of hydrogen-bond acceptors (Lipinski definition) is 7. The second kappa shape index (κ2) is 10.8. The molecule has 0 amide bonds. The number of nitriles is 1. The van der Waals surface area contributed by atoms with Gasteiger partial charge in [0.05, 0.1) is 30.4 Å². The van der Waals surface area contributed by atoms with E-state index in [4.69, 9.17) is 9.90 Å². The molecular weight excluding hydrogens is 515 g/mol. The van der Waals surface area contributed by atoms with Crippen molar-refractivity contribution in [3.63, 3.8) is 0 Å². The highest BCUT2D eigenvalue weighted by molar-refractivity contribution is 5.89. The van der Waals surface area contributed by atoms with E-state index in [1.165, 1.54) is 12.4 Å². The molecule has 0 spiro atoms. The first kappa shape index (κ1) is 26.5. The van der Waals surface area contributed by atoms with Gasteiger partial charge in [0.1, 0.15) is 17.8 Å². The van der Waals surface area contributed by atoms with Crippen molar-refractivity contribution in [3.8, 4) is 17.3 Å². The van der Waals surface area contributed by atoms with Crippen LogP contribution in [0.4, 0.5) is 27.8 Å². The van der Waals surface area contributed by atoms with Crippen molar-refractivity contribution in [2.75, 3.05) is 18.0 Å². The summed E-state index contributed by atoms with van der Waals surface area (Å²) in [7, 11) is 0. The van der Waals surface area contributed by atoms with E-state index in [2.05, 4.69) is 31.1 Å². The third-order valence-electron chi connectivity index (χ3n) is 5.99. The maximum atomic E-state index is 13.5. The number of carboxylic acids is 1. The Labute approximate surface area is 211 Å². The predicted octanol–water partition coefficient (Wildman–Crippen LogP) is 4.11. The number of hydrogen-bond donors (Lipinski definition) is 2. The summed E-state index contributed by atoms with van der Waals surface area (Å²) in [6, 6.07) is 6.57. The predicted molar refractivity (Wildman–Crippen MR) is 123 cm³/mol. The van der Waals surface area contributed by atoms with E-state index in [9.17, 15) is 27.2 Å². The van der Waals surface area contributed by atoms with E-state index < -0.39 is 23.9 Å². The number of nitrogens with one attached hydrogen (secondary N) is 1. The van der Waals surface area contributed by atoms with E-state index in [-0.39, 0.29) is 18.4 Å². The molecule has 4 aromatic rings. The van der Waals surface area contributed by atoms with Crippen LogP contribution in [0.1, 0.15) is 18.9 Å². The second-order valence-electron chi connectivity index (χ2n) is 8.34. The lowest BCUT2D eigenvalue weighted by Gasteiger charge is -2.23. The number of carbonyl (C=O) groups is 1. The SMILES string of the molecule is N#CC[C@@H]([C@H]1CCN(c2ccc(F)c(F)n2)C1)n1cc(-c2ncnc3[nH]ccc23)cn1.O=C(O)C(F)(F)F. The Morgan fingerprint density at radius 2 is 2.03 bits per heavy atom. The number of halogens is 5. The summed E-state index contributed by atoms with van der Waals surface area (Å²) in [5, 5.41) is 22.0. The van der Waals surface area contributed by atoms with Gasteiger partial charge in [0.2, 0.25) is 0 Å². The number of rotatable bonds is 5. The van der Waals surface area contributed by atoms with E-state index in [1.54, 1.807) is 6.20 Å². The number of nitrogens with zero attached hydrogens (tertiary/aromatic N) is 7. The molecule has 1 saturated heterocycles. The van der Waals surface area contributed by atoms with Crippen LogP contribution in [0, 0.1) is 29.0 Å². The Kier molecular flexibility index (Phi) is 7.51. The largest absolute Gasteiger partial charge is 0.490 e. The van der Waals surface area contributed by atoms with Crippen LogP contribution in [-0.4, -0.2) is 60.1 Å². The molecule has 10 nitrogen and oxygen atoms in total. The van der Waals surface area contributed by atoms with Gasteiger partial charge in [-0.25, -0.2) is 19.2 Å². The molecule has 0 saturated carbocycles. The molecule has 1 aliphatic rings. The zero-order chi connectivity index (χ0) is 27.4. The van der Waals surface area contributed by atoms with Crippen LogP contribution in [-0.2, 0) is 4.79 Å². The zero-order valence-electron chi connectivity index (χ0n) is 19.4.